The van der Waals surface area contributed by atoms with Gasteiger partial charge in [-0.3, -0.25) is 0 Å². The van der Waals surface area contributed by atoms with Crippen LogP contribution in [0.25, 0.3) is 10.6 Å². The molecule has 1 nitrogen and oxygen atoms in total. The molecule has 0 saturated carbocycles. The van der Waals surface area contributed by atoms with Crippen molar-refractivity contribution in [3.63, 3.8) is 0 Å². The summed E-state index contributed by atoms with van der Waals surface area (Å²) < 4.78 is 40.0. The summed E-state index contributed by atoms with van der Waals surface area (Å²) in [5, 5.41) is 2.03. The van der Waals surface area contributed by atoms with Gasteiger partial charge < -0.3 is 0 Å². The van der Waals surface area contributed by atoms with Gasteiger partial charge in [0.05, 0.1) is 11.3 Å². The normalized spacial score (nSPS) is 12.7. The molecule has 1 atom stereocenters. The highest BCUT2D eigenvalue weighted by Gasteiger charge is 2.18. The molecule has 0 spiro atoms. The van der Waals surface area contributed by atoms with Gasteiger partial charge in [-0.1, -0.05) is 13.8 Å². The highest BCUT2D eigenvalue weighted by atomic mass is 32.1. The van der Waals surface area contributed by atoms with Crippen molar-refractivity contribution < 1.29 is 13.2 Å². The molecule has 0 N–H and O–H groups in total. The van der Waals surface area contributed by atoms with Gasteiger partial charge in [0.1, 0.15) is 22.5 Å². The lowest BCUT2D eigenvalue weighted by Crippen LogP contribution is -1.94. The lowest BCUT2D eigenvalue weighted by molar-refractivity contribution is 0.547. The van der Waals surface area contributed by atoms with Crippen LogP contribution in [0.3, 0.4) is 0 Å². The van der Waals surface area contributed by atoms with Gasteiger partial charge in [-0.25, -0.2) is 18.2 Å². The summed E-state index contributed by atoms with van der Waals surface area (Å²) in [4.78, 5) is 4.22. The van der Waals surface area contributed by atoms with Gasteiger partial charge in [0.15, 0.2) is 0 Å². The first kappa shape index (κ1) is 13.1. The first-order chi connectivity index (χ1) is 8.52. The molecule has 0 fully saturated rings. The fourth-order valence-corrected chi connectivity index (χ4v) is 2.57. The summed E-state index contributed by atoms with van der Waals surface area (Å²) >= 11 is 1.17. The van der Waals surface area contributed by atoms with Gasteiger partial charge in [-0.05, 0) is 12.3 Å². The Morgan fingerprint density at radius 2 is 1.83 bits per heavy atom. The summed E-state index contributed by atoms with van der Waals surface area (Å²) in [5.74, 6) is -2.52. The third-order valence-corrected chi connectivity index (χ3v) is 3.74. The lowest BCUT2D eigenvalue weighted by atomic mass is 10.1. The molecule has 0 radical (unpaired) electrons. The van der Waals surface area contributed by atoms with E-state index in [9.17, 15) is 13.2 Å². The van der Waals surface area contributed by atoms with Crippen LogP contribution in [-0.4, -0.2) is 4.98 Å². The van der Waals surface area contributed by atoms with E-state index >= 15 is 0 Å². The second-order valence-electron chi connectivity index (χ2n) is 4.13. The topological polar surface area (TPSA) is 12.9 Å². The van der Waals surface area contributed by atoms with E-state index in [4.69, 9.17) is 0 Å². The zero-order valence-electron chi connectivity index (χ0n) is 10.0. The second kappa shape index (κ2) is 5.10. The Balaban J connectivity index is 2.46. The average Bonchev–Trinajstić information content (AvgIpc) is 2.76. The van der Waals surface area contributed by atoms with Gasteiger partial charge >= 0.3 is 0 Å². The van der Waals surface area contributed by atoms with E-state index < -0.39 is 17.5 Å². The number of hydrogen-bond acceptors (Lipinski definition) is 2. The Hall–Kier alpha value is -1.36. The largest absolute Gasteiger partial charge is 0.241 e. The minimum absolute atomic E-state index is 0.238. The first-order valence-electron chi connectivity index (χ1n) is 5.63. The number of hydrogen-bond donors (Lipinski definition) is 0. The van der Waals surface area contributed by atoms with E-state index in [1.165, 1.54) is 11.3 Å². The van der Waals surface area contributed by atoms with Gasteiger partial charge in [-0.15, -0.1) is 11.3 Å². The molecule has 0 aliphatic heterocycles. The predicted octanol–water partition coefficient (Wildman–Crippen LogP) is 4.74. The molecular formula is C13H12F3NS. The van der Waals surface area contributed by atoms with Crippen LogP contribution in [0, 0.1) is 17.5 Å². The maximum Gasteiger partial charge on any atom is 0.139 e. The van der Waals surface area contributed by atoms with Crippen LogP contribution < -0.4 is 0 Å². The Morgan fingerprint density at radius 3 is 2.39 bits per heavy atom. The summed E-state index contributed by atoms with van der Waals surface area (Å²) in [7, 11) is 0. The molecule has 2 rings (SSSR count). The quantitative estimate of drug-likeness (QED) is 0.785. The maximum absolute atomic E-state index is 13.6. The number of benzene rings is 1. The number of halogens is 3. The van der Waals surface area contributed by atoms with Gasteiger partial charge in [0.2, 0.25) is 0 Å². The van der Waals surface area contributed by atoms with Crippen LogP contribution in [0.1, 0.15) is 31.9 Å². The average molecular weight is 271 g/mol. The van der Waals surface area contributed by atoms with E-state index in [-0.39, 0.29) is 16.5 Å². The highest BCUT2D eigenvalue weighted by Crippen LogP contribution is 2.32. The molecule has 0 bridgehead atoms. The van der Waals surface area contributed by atoms with Crippen molar-refractivity contribution in [2.75, 3.05) is 0 Å². The van der Waals surface area contributed by atoms with Crippen LogP contribution in [0.4, 0.5) is 13.2 Å². The monoisotopic (exact) mass is 271 g/mol. The SMILES string of the molecule is CCC(C)c1csc(-c2c(F)cc(F)cc2F)n1. The Bertz CT molecular complexity index is 542. The van der Waals surface area contributed by atoms with Gasteiger partial charge in [0, 0.05) is 17.5 Å². The van der Waals surface area contributed by atoms with E-state index in [1.807, 2.05) is 13.8 Å². The number of thiazole rings is 1. The molecule has 1 heterocycles. The van der Waals surface area contributed by atoms with Crippen LogP contribution >= 0.6 is 11.3 Å². The molecule has 18 heavy (non-hydrogen) atoms. The van der Waals surface area contributed by atoms with Crippen LogP contribution in [0.5, 0.6) is 0 Å². The van der Waals surface area contributed by atoms with Crippen LogP contribution in [0.15, 0.2) is 17.5 Å². The highest BCUT2D eigenvalue weighted by molar-refractivity contribution is 7.13. The van der Waals surface area contributed by atoms with Crippen molar-refractivity contribution in [2.24, 2.45) is 0 Å². The molecule has 2 aromatic rings. The molecule has 1 aromatic carbocycles. The molecule has 1 aromatic heterocycles. The molecule has 1 unspecified atom stereocenters. The van der Waals surface area contributed by atoms with E-state index in [1.54, 1.807) is 5.38 Å². The predicted molar refractivity (Wildman–Crippen MR) is 66.1 cm³/mol. The Labute approximate surface area is 107 Å². The Morgan fingerprint density at radius 1 is 1.22 bits per heavy atom. The number of aromatic nitrogens is 1. The second-order valence-corrected chi connectivity index (χ2v) is 4.99. The standard InChI is InChI=1S/C13H12F3NS/c1-3-7(2)11-6-18-13(17-11)12-9(15)4-8(14)5-10(12)16/h4-7H,3H2,1-2H3. The van der Waals surface area contributed by atoms with Crippen molar-refractivity contribution in [1.82, 2.24) is 4.98 Å². The number of rotatable bonds is 3. The van der Waals surface area contributed by atoms with Crippen molar-refractivity contribution in [2.45, 2.75) is 26.2 Å². The minimum Gasteiger partial charge on any atom is -0.241 e. The summed E-state index contributed by atoms with van der Waals surface area (Å²) in [5.41, 5.74) is 0.552. The van der Waals surface area contributed by atoms with Gasteiger partial charge in [-0.2, -0.15) is 0 Å². The third-order valence-electron chi connectivity index (χ3n) is 2.86. The molecule has 0 aliphatic rings. The van der Waals surface area contributed by atoms with E-state index in [2.05, 4.69) is 4.98 Å². The summed E-state index contributed by atoms with van der Waals surface area (Å²) in [6.45, 7) is 4.01. The van der Waals surface area contributed by atoms with Gasteiger partial charge in [0.25, 0.3) is 0 Å². The van der Waals surface area contributed by atoms with Crippen LogP contribution in [0.2, 0.25) is 0 Å². The zero-order chi connectivity index (χ0) is 13.3. The Kier molecular flexibility index (Phi) is 3.71. The van der Waals surface area contributed by atoms with E-state index in [0.29, 0.717) is 12.1 Å². The number of nitrogens with zero attached hydrogens (tertiary/aromatic N) is 1. The maximum atomic E-state index is 13.6. The van der Waals surface area contributed by atoms with E-state index in [0.717, 1.165) is 12.1 Å². The molecule has 0 saturated heterocycles. The van der Waals surface area contributed by atoms with Crippen LogP contribution in [-0.2, 0) is 0 Å². The zero-order valence-corrected chi connectivity index (χ0v) is 10.8. The lowest BCUT2D eigenvalue weighted by Gasteiger charge is -2.04. The first-order valence-corrected chi connectivity index (χ1v) is 6.51. The summed E-state index contributed by atoms with van der Waals surface area (Å²) in [6.07, 6.45) is 0.900. The van der Waals surface area contributed by atoms with Crippen molar-refractivity contribution in [3.05, 3.63) is 40.7 Å². The van der Waals surface area contributed by atoms with Crippen molar-refractivity contribution in [1.29, 1.82) is 0 Å². The molecule has 5 heteroatoms. The smallest absolute Gasteiger partial charge is 0.139 e. The fourth-order valence-electron chi connectivity index (χ4n) is 1.58. The fraction of sp³-hybridized carbons (Fsp3) is 0.308. The molecular weight excluding hydrogens is 259 g/mol. The van der Waals surface area contributed by atoms with Crippen molar-refractivity contribution in [3.8, 4) is 10.6 Å². The molecule has 0 amide bonds. The molecule has 0 aliphatic carbocycles. The summed E-state index contributed by atoms with van der Waals surface area (Å²) in [6, 6.07) is 1.34. The van der Waals surface area contributed by atoms with Crippen molar-refractivity contribution >= 4 is 11.3 Å². The third kappa shape index (κ3) is 2.41. The molecule has 96 valence electrons. The minimum atomic E-state index is -0.924.